The lowest BCUT2D eigenvalue weighted by atomic mass is 10.1. The van der Waals surface area contributed by atoms with Crippen LogP contribution in [0.5, 0.6) is 5.75 Å². The van der Waals surface area contributed by atoms with Gasteiger partial charge in [0.15, 0.2) is 0 Å². The van der Waals surface area contributed by atoms with E-state index in [4.69, 9.17) is 4.74 Å². The molecule has 2 fully saturated rings. The summed E-state index contributed by atoms with van der Waals surface area (Å²) < 4.78 is 60.5. The molecule has 0 aliphatic carbocycles. The van der Waals surface area contributed by atoms with E-state index in [2.05, 4.69) is 0 Å². The van der Waals surface area contributed by atoms with Crippen molar-refractivity contribution < 1.29 is 21.6 Å². The Morgan fingerprint density at radius 3 is 1.93 bits per heavy atom. The highest BCUT2D eigenvalue weighted by atomic mass is 32.2. The monoisotopic (exact) mass is 424 g/mol. The van der Waals surface area contributed by atoms with E-state index in [1.54, 1.807) is 24.3 Å². The van der Waals surface area contributed by atoms with Crippen molar-refractivity contribution in [2.24, 2.45) is 0 Å². The van der Waals surface area contributed by atoms with Crippen LogP contribution in [-0.4, -0.2) is 58.7 Å². The lowest BCUT2D eigenvalue weighted by Crippen LogP contribution is -2.28. The maximum Gasteiger partial charge on any atom is 0.247 e. The van der Waals surface area contributed by atoms with Crippen molar-refractivity contribution in [3.05, 3.63) is 30.3 Å². The number of methoxy groups -OCH3 is 1. The van der Waals surface area contributed by atoms with Gasteiger partial charge in [0, 0.05) is 31.6 Å². The summed E-state index contributed by atoms with van der Waals surface area (Å²) in [5.41, 5.74) is 0. The van der Waals surface area contributed by atoms with Crippen molar-refractivity contribution in [1.29, 1.82) is 0 Å². The number of benzene rings is 2. The van der Waals surface area contributed by atoms with Gasteiger partial charge in [-0.3, -0.25) is 0 Å². The maximum absolute atomic E-state index is 13.2. The summed E-state index contributed by atoms with van der Waals surface area (Å²) >= 11 is 0. The lowest BCUT2D eigenvalue weighted by Gasteiger charge is -2.20. The van der Waals surface area contributed by atoms with Crippen LogP contribution in [0.4, 0.5) is 0 Å². The minimum absolute atomic E-state index is 0.111. The van der Waals surface area contributed by atoms with E-state index >= 15 is 0 Å². The summed E-state index contributed by atoms with van der Waals surface area (Å²) in [6.07, 6.45) is 3.40. The van der Waals surface area contributed by atoms with Crippen molar-refractivity contribution in [2.75, 3.05) is 33.3 Å². The summed E-state index contributed by atoms with van der Waals surface area (Å²) in [7, 11) is -5.85. The quantitative estimate of drug-likeness (QED) is 0.736. The average molecular weight is 425 g/mol. The molecule has 9 heteroatoms. The van der Waals surface area contributed by atoms with Gasteiger partial charge in [-0.05, 0) is 49.3 Å². The molecule has 0 radical (unpaired) electrons. The molecule has 2 aliphatic rings. The number of ether oxygens (including phenoxy) is 1. The Bertz CT molecular complexity index is 1100. The molecule has 7 nitrogen and oxygen atoms in total. The van der Waals surface area contributed by atoms with Crippen LogP contribution in [0.15, 0.2) is 40.1 Å². The normalized spacial score (nSPS) is 19.5. The van der Waals surface area contributed by atoms with E-state index in [0.717, 1.165) is 25.7 Å². The second-order valence-corrected chi connectivity index (χ2v) is 11.0. The van der Waals surface area contributed by atoms with Crippen molar-refractivity contribution >= 4 is 30.8 Å². The van der Waals surface area contributed by atoms with E-state index in [1.807, 2.05) is 0 Å². The van der Waals surface area contributed by atoms with E-state index < -0.39 is 20.0 Å². The molecule has 0 amide bonds. The van der Waals surface area contributed by atoms with Crippen LogP contribution in [0.1, 0.15) is 25.7 Å². The highest BCUT2D eigenvalue weighted by Gasteiger charge is 2.32. The maximum atomic E-state index is 13.2. The Morgan fingerprint density at radius 1 is 0.786 bits per heavy atom. The zero-order valence-corrected chi connectivity index (χ0v) is 17.4. The van der Waals surface area contributed by atoms with Gasteiger partial charge in [-0.1, -0.05) is 12.1 Å². The predicted molar refractivity (Wildman–Crippen MR) is 106 cm³/mol. The first kappa shape index (κ1) is 19.6. The van der Waals surface area contributed by atoms with Crippen LogP contribution in [0, 0.1) is 0 Å². The van der Waals surface area contributed by atoms with E-state index in [9.17, 15) is 16.8 Å². The number of nitrogens with zero attached hydrogens (tertiary/aromatic N) is 2. The Labute approximate surface area is 166 Å². The Hall–Kier alpha value is -1.68. The standard InChI is InChI=1S/C19H24N2O5S2/c1-26-18-9-6-15-14-16(27(22,23)20-10-2-3-11-20)7-8-17(15)19(18)28(24,25)21-12-4-5-13-21/h6-9,14H,2-5,10-13H2,1H3. The molecule has 2 aromatic carbocycles. The Balaban J connectivity index is 1.86. The molecule has 0 aromatic heterocycles. The minimum Gasteiger partial charge on any atom is -0.495 e. The van der Waals surface area contributed by atoms with Crippen LogP contribution >= 0.6 is 0 Å². The minimum atomic E-state index is -3.72. The molecule has 0 spiro atoms. The number of fused-ring (bicyclic) bond motifs is 1. The van der Waals surface area contributed by atoms with Gasteiger partial charge in [-0.15, -0.1) is 0 Å². The molecule has 0 N–H and O–H groups in total. The molecular weight excluding hydrogens is 400 g/mol. The van der Waals surface area contributed by atoms with Gasteiger partial charge in [0.05, 0.1) is 12.0 Å². The number of hydrogen-bond donors (Lipinski definition) is 0. The summed E-state index contributed by atoms with van der Waals surface area (Å²) in [5.74, 6) is 0.273. The van der Waals surface area contributed by atoms with E-state index in [0.29, 0.717) is 37.0 Å². The van der Waals surface area contributed by atoms with Crippen LogP contribution < -0.4 is 4.74 Å². The largest absolute Gasteiger partial charge is 0.495 e. The third-order valence-electron chi connectivity index (χ3n) is 5.49. The predicted octanol–water partition coefficient (Wildman–Crippen LogP) is 2.42. The summed E-state index contributed by atoms with van der Waals surface area (Å²) in [5, 5.41) is 1.05. The van der Waals surface area contributed by atoms with Gasteiger partial charge in [-0.2, -0.15) is 8.61 Å². The first-order valence-electron chi connectivity index (χ1n) is 9.47. The van der Waals surface area contributed by atoms with Crippen LogP contribution in [0.3, 0.4) is 0 Å². The number of sulfonamides is 2. The first-order chi connectivity index (χ1) is 13.4. The summed E-state index contributed by atoms with van der Waals surface area (Å²) in [6, 6.07) is 7.95. The molecule has 152 valence electrons. The van der Waals surface area contributed by atoms with Crippen molar-refractivity contribution in [2.45, 2.75) is 35.5 Å². The molecule has 2 heterocycles. The van der Waals surface area contributed by atoms with Gasteiger partial charge in [-0.25, -0.2) is 16.8 Å². The molecule has 2 aliphatic heterocycles. The van der Waals surface area contributed by atoms with Crippen LogP contribution in [0.25, 0.3) is 10.8 Å². The highest BCUT2D eigenvalue weighted by Crippen LogP contribution is 2.36. The van der Waals surface area contributed by atoms with E-state index in [1.165, 1.54) is 21.8 Å². The molecule has 0 atom stereocenters. The second-order valence-electron chi connectivity index (χ2n) is 7.20. The zero-order chi connectivity index (χ0) is 19.9. The molecule has 0 bridgehead atoms. The third kappa shape index (κ3) is 3.20. The molecular formula is C19H24N2O5S2. The topological polar surface area (TPSA) is 84.0 Å². The highest BCUT2D eigenvalue weighted by molar-refractivity contribution is 7.89. The Morgan fingerprint density at radius 2 is 1.36 bits per heavy atom. The molecule has 2 saturated heterocycles. The molecule has 0 unspecified atom stereocenters. The smallest absolute Gasteiger partial charge is 0.247 e. The lowest BCUT2D eigenvalue weighted by molar-refractivity contribution is 0.400. The zero-order valence-electron chi connectivity index (χ0n) is 15.8. The van der Waals surface area contributed by atoms with Crippen LogP contribution in [0.2, 0.25) is 0 Å². The molecule has 0 saturated carbocycles. The number of rotatable bonds is 5. The van der Waals surface area contributed by atoms with Gasteiger partial charge in [0.1, 0.15) is 10.6 Å². The number of hydrogen-bond acceptors (Lipinski definition) is 5. The van der Waals surface area contributed by atoms with Crippen LogP contribution in [-0.2, 0) is 20.0 Å². The summed E-state index contributed by atoms with van der Waals surface area (Å²) in [4.78, 5) is 0.302. The molecule has 2 aromatic rings. The third-order valence-corrected chi connectivity index (χ3v) is 9.37. The SMILES string of the molecule is COc1ccc2cc(S(=O)(=O)N3CCCC3)ccc2c1S(=O)(=O)N1CCCC1. The summed E-state index contributed by atoms with van der Waals surface area (Å²) in [6.45, 7) is 2.03. The van der Waals surface area contributed by atoms with Crippen molar-refractivity contribution in [1.82, 2.24) is 8.61 Å². The first-order valence-corrected chi connectivity index (χ1v) is 12.3. The molecule has 28 heavy (non-hydrogen) atoms. The fourth-order valence-corrected chi connectivity index (χ4v) is 7.40. The van der Waals surface area contributed by atoms with Crippen molar-refractivity contribution in [3.63, 3.8) is 0 Å². The fourth-order valence-electron chi connectivity index (χ4n) is 3.98. The van der Waals surface area contributed by atoms with E-state index in [-0.39, 0.29) is 15.5 Å². The van der Waals surface area contributed by atoms with Gasteiger partial charge < -0.3 is 4.74 Å². The Kier molecular flexibility index (Phi) is 5.11. The second kappa shape index (κ2) is 7.29. The van der Waals surface area contributed by atoms with Crippen molar-refractivity contribution in [3.8, 4) is 5.75 Å². The van der Waals surface area contributed by atoms with Gasteiger partial charge in [0.2, 0.25) is 20.0 Å². The fraction of sp³-hybridized carbons (Fsp3) is 0.474. The molecule has 4 rings (SSSR count). The van der Waals surface area contributed by atoms with Gasteiger partial charge >= 0.3 is 0 Å². The average Bonchev–Trinajstić information content (AvgIpc) is 3.40. The van der Waals surface area contributed by atoms with Gasteiger partial charge in [0.25, 0.3) is 0 Å².